The first-order valence-electron chi connectivity index (χ1n) is 13.5. The summed E-state index contributed by atoms with van der Waals surface area (Å²) in [6.45, 7) is 3.10. The predicted molar refractivity (Wildman–Crippen MR) is 158 cm³/mol. The van der Waals surface area contributed by atoms with Crippen molar-refractivity contribution in [2.75, 3.05) is 0 Å². The van der Waals surface area contributed by atoms with E-state index in [9.17, 15) is 4.79 Å². The normalized spacial score (nSPS) is 10.8. The molecule has 0 heterocycles. The second-order valence-electron chi connectivity index (χ2n) is 9.63. The molecule has 3 nitrogen and oxygen atoms in total. The SMILES string of the molecule is CCc1ccc(C(=O)N(Cc2ccc(OCc3ccccc3)cc2)C(c2ccccc2)c2ccccc2)cc1. The molecule has 0 aliphatic carbocycles. The van der Waals surface area contributed by atoms with Crippen LogP contribution in [0, 0.1) is 0 Å². The summed E-state index contributed by atoms with van der Waals surface area (Å²) in [6.07, 6.45) is 0.938. The van der Waals surface area contributed by atoms with Crippen LogP contribution >= 0.6 is 0 Å². The van der Waals surface area contributed by atoms with E-state index in [4.69, 9.17) is 4.74 Å². The van der Waals surface area contributed by atoms with Gasteiger partial charge in [0.25, 0.3) is 5.91 Å². The zero-order valence-electron chi connectivity index (χ0n) is 22.2. The Labute approximate surface area is 231 Å². The van der Waals surface area contributed by atoms with Crippen molar-refractivity contribution in [3.05, 3.63) is 173 Å². The number of carbonyl (C=O) groups excluding carboxylic acids is 1. The van der Waals surface area contributed by atoms with E-state index in [0.29, 0.717) is 18.7 Å². The molecule has 0 N–H and O–H groups in total. The van der Waals surface area contributed by atoms with Crippen LogP contribution in [0.1, 0.15) is 51.1 Å². The molecule has 0 aliphatic rings. The quantitative estimate of drug-likeness (QED) is 0.189. The van der Waals surface area contributed by atoms with Gasteiger partial charge in [-0.05, 0) is 58.5 Å². The third-order valence-corrected chi connectivity index (χ3v) is 6.94. The van der Waals surface area contributed by atoms with Gasteiger partial charge < -0.3 is 9.64 Å². The number of hydrogen-bond donors (Lipinski definition) is 0. The summed E-state index contributed by atoms with van der Waals surface area (Å²) in [5.74, 6) is 0.804. The Kier molecular flexibility index (Phi) is 8.50. The molecule has 0 aliphatic heterocycles. The number of aryl methyl sites for hydroxylation is 1. The maximum Gasteiger partial charge on any atom is 0.254 e. The van der Waals surface area contributed by atoms with Gasteiger partial charge in [-0.1, -0.05) is 122 Å². The predicted octanol–water partition coefficient (Wildman–Crippen LogP) is 8.26. The third kappa shape index (κ3) is 6.63. The summed E-state index contributed by atoms with van der Waals surface area (Å²) in [5.41, 5.74) is 6.22. The fourth-order valence-electron chi connectivity index (χ4n) is 4.78. The molecule has 5 rings (SSSR count). The summed E-state index contributed by atoms with van der Waals surface area (Å²) >= 11 is 0. The molecule has 0 saturated heterocycles. The lowest BCUT2D eigenvalue weighted by Gasteiger charge is -2.33. The second-order valence-corrected chi connectivity index (χ2v) is 9.63. The van der Waals surface area contributed by atoms with E-state index in [2.05, 4.69) is 43.3 Å². The van der Waals surface area contributed by atoms with Crippen LogP contribution in [0.25, 0.3) is 0 Å². The van der Waals surface area contributed by atoms with Crippen LogP contribution in [0.4, 0.5) is 0 Å². The van der Waals surface area contributed by atoms with Gasteiger partial charge in [0, 0.05) is 12.1 Å². The lowest BCUT2D eigenvalue weighted by atomic mass is 9.95. The highest BCUT2D eigenvalue weighted by molar-refractivity contribution is 5.94. The van der Waals surface area contributed by atoms with Crippen LogP contribution in [-0.2, 0) is 19.6 Å². The largest absolute Gasteiger partial charge is 0.489 e. The molecular weight excluding hydrogens is 478 g/mol. The molecule has 0 unspecified atom stereocenters. The summed E-state index contributed by atoms with van der Waals surface area (Å²) in [7, 11) is 0. The molecule has 5 aromatic carbocycles. The van der Waals surface area contributed by atoms with E-state index >= 15 is 0 Å². The zero-order chi connectivity index (χ0) is 26.9. The topological polar surface area (TPSA) is 29.5 Å². The van der Waals surface area contributed by atoms with E-state index in [1.54, 1.807) is 0 Å². The first-order valence-corrected chi connectivity index (χ1v) is 13.5. The van der Waals surface area contributed by atoms with Crippen LogP contribution in [0.3, 0.4) is 0 Å². The number of rotatable bonds is 10. The van der Waals surface area contributed by atoms with Gasteiger partial charge in [-0.15, -0.1) is 0 Å². The average Bonchev–Trinajstić information content (AvgIpc) is 3.01. The van der Waals surface area contributed by atoms with E-state index in [0.717, 1.165) is 34.4 Å². The number of benzene rings is 5. The van der Waals surface area contributed by atoms with Crippen molar-refractivity contribution >= 4 is 5.91 Å². The lowest BCUT2D eigenvalue weighted by molar-refractivity contribution is 0.0690. The highest BCUT2D eigenvalue weighted by Crippen LogP contribution is 2.32. The monoisotopic (exact) mass is 511 g/mol. The Morgan fingerprint density at radius 1 is 0.615 bits per heavy atom. The number of carbonyl (C=O) groups is 1. The summed E-state index contributed by atoms with van der Waals surface area (Å²) in [6, 6.07) is 46.5. The molecule has 5 aromatic rings. The fourth-order valence-corrected chi connectivity index (χ4v) is 4.78. The number of nitrogens with zero attached hydrogens (tertiary/aromatic N) is 1. The van der Waals surface area contributed by atoms with Crippen molar-refractivity contribution in [1.29, 1.82) is 0 Å². The van der Waals surface area contributed by atoms with E-state index < -0.39 is 0 Å². The standard InChI is InChI=1S/C36H33NO2/c1-2-28-18-22-33(23-19-28)36(38)37(35(31-14-8-4-9-15-31)32-16-10-5-11-17-32)26-29-20-24-34(25-21-29)39-27-30-12-6-3-7-13-30/h3-25,35H,2,26-27H2,1H3. The van der Waals surface area contributed by atoms with Crippen molar-refractivity contribution in [2.45, 2.75) is 32.5 Å². The highest BCUT2D eigenvalue weighted by Gasteiger charge is 2.28. The molecule has 194 valence electrons. The molecule has 3 heteroatoms. The molecule has 0 bridgehead atoms. The summed E-state index contributed by atoms with van der Waals surface area (Å²) in [5, 5.41) is 0. The molecule has 0 atom stereocenters. The molecule has 39 heavy (non-hydrogen) atoms. The van der Waals surface area contributed by atoms with Gasteiger partial charge in [-0.2, -0.15) is 0 Å². The van der Waals surface area contributed by atoms with E-state index in [1.807, 2.05) is 108 Å². The molecule has 0 radical (unpaired) electrons. The average molecular weight is 512 g/mol. The van der Waals surface area contributed by atoms with Gasteiger partial charge in [0.1, 0.15) is 12.4 Å². The number of hydrogen-bond acceptors (Lipinski definition) is 2. The van der Waals surface area contributed by atoms with Crippen LogP contribution in [0.15, 0.2) is 140 Å². The van der Waals surface area contributed by atoms with Crippen molar-refractivity contribution in [3.63, 3.8) is 0 Å². The minimum atomic E-state index is -0.236. The number of ether oxygens (including phenoxy) is 1. The molecule has 1 amide bonds. The Bertz CT molecular complexity index is 1410. The zero-order valence-corrected chi connectivity index (χ0v) is 22.2. The summed E-state index contributed by atoms with van der Waals surface area (Å²) < 4.78 is 6.00. The van der Waals surface area contributed by atoms with Crippen molar-refractivity contribution in [1.82, 2.24) is 4.90 Å². The third-order valence-electron chi connectivity index (χ3n) is 6.94. The molecular formula is C36H33NO2. The first kappa shape index (κ1) is 26.0. The Balaban J connectivity index is 1.46. The highest BCUT2D eigenvalue weighted by atomic mass is 16.5. The molecule has 0 fully saturated rings. The molecule has 0 saturated carbocycles. The smallest absolute Gasteiger partial charge is 0.254 e. The van der Waals surface area contributed by atoms with Gasteiger partial charge >= 0.3 is 0 Å². The van der Waals surface area contributed by atoms with E-state index in [-0.39, 0.29) is 11.9 Å². The van der Waals surface area contributed by atoms with Gasteiger partial charge in [0.15, 0.2) is 0 Å². The summed E-state index contributed by atoms with van der Waals surface area (Å²) in [4.78, 5) is 16.1. The van der Waals surface area contributed by atoms with Crippen LogP contribution in [-0.4, -0.2) is 10.8 Å². The second kappa shape index (κ2) is 12.7. The van der Waals surface area contributed by atoms with Crippen molar-refractivity contribution in [3.8, 4) is 5.75 Å². The molecule has 0 aromatic heterocycles. The van der Waals surface area contributed by atoms with Gasteiger partial charge in [-0.25, -0.2) is 0 Å². The lowest BCUT2D eigenvalue weighted by Crippen LogP contribution is -2.35. The minimum Gasteiger partial charge on any atom is -0.489 e. The van der Waals surface area contributed by atoms with Crippen LogP contribution in [0.2, 0.25) is 0 Å². The Hall–Kier alpha value is -4.63. The number of amides is 1. The first-order chi connectivity index (χ1) is 19.2. The van der Waals surface area contributed by atoms with Gasteiger partial charge in [0.05, 0.1) is 6.04 Å². The van der Waals surface area contributed by atoms with Crippen LogP contribution in [0.5, 0.6) is 5.75 Å². The Morgan fingerprint density at radius 2 is 1.13 bits per heavy atom. The fraction of sp³-hybridized carbons (Fsp3) is 0.139. The Morgan fingerprint density at radius 3 is 1.67 bits per heavy atom. The van der Waals surface area contributed by atoms with Gasteiger partial charge in [0.2, 0.25) is 0 Å². The minimum absolute atomic E-state index is 0.000219. The van der Waals surface area contributed by atoms with Crippen LogP contribution < -0.4 is 4.74 Å². The van der Waals surface area contributed by atoms with Gasteiger partial charge in [-0.3, -0.25) is 4.79 Å². The maximum absolute atomic E-state index is 14.2. The van der Waals surface area contributed by atoms with E-state index in [1.165, 1.54) is 5.56 Å². The molecule has 0 spiro atoms. The maximum atomic E-state index is 14.2. The van der Waals surface area contributed by atoms with Crippen molar-refractivity contribution in [2.24, 2.45) is 0 Å². The van der Waals surface area contributed by atoms with Crippen molar-refractivity contribution < 1.29 is 9.53 Å².